The number of rotatable bonds is 6. The Morgan fingerprint density at radius 1 is 1.00 bits per heavy atom. The molecule has 1 saturated carbocycles. The first kappa shape index (κ1) is 21.9. The van der Waals surface area contributed by atoms with Gasteiger partial charge in [0.05, 0.1) is 5.92 Å². The Bertz CT molecular complexity index is 975. The van der Waals surface area contributed by atoms with Crippen LogP contribution in [-0.2, 0) is 14.3 Å². The summed E-state index contributed by atoms with van der Waals surface area (Å²) in [5, 5.41) is 14.4. The molecule has 168 valence electrons. The van der Waals surface area contributed by atoms with Gasteiger partial charge in [-0.1, -0.05) is 61.4 Å². The average molecular weight is 437 g/mol. The summed E-state index contributed by atoms with van der Waals surface area (Å²) in [5.74, 6) is -1.93. The van der Waals surface area contributed by atoms with Crippen LogP contribution in [0.2, 0.25) is 0 Å². The minimum atomic E-state index is -1.09. The normalized spacial score (nSPS) is 20.5. The predicted molar refractivity (Wildman–Crippen MR) is 119 cm³/mol. The number of carbonyl (C=O) groups is 3. The van der Waals surface area contributed by atoms with Crippen LogP contribution in [0.25, 0.3) is 11.1 Å². The van der Waals surface area contributed by atoms with E-state index >= 15 is 0 Å². The van der Waals surface area contributed by atoms with E-state index in [0.29, 0.717) is 12.8 Å². The summed E-state index contributed by atoms with van der Waals surface area (Å²) in [4.78, 5) is 36.3. The maximum absolute atomic E-state index is 12.6. The molecule has 2 aliphatic carbocycles. The van der Waals surface area contributed by atoms with Gasteiger partial charge in [-0.25, -0.2) is 4.79 Å². The van der Waals surface area contributed by atoms with E-state index in [0.717, 1.165) is 35.1 Å². The van der Waals surface area contributed by atoms with Gasteiger partial charge >= 0.3 is 12.1 Å². The summed E-state index contributed by atoms with van der Waals surface area (Å²) < 4.78 is 5.61. The lowest BCUT2D eigenvalue weighted by molar-refractivity contribution is -0.142. The fourth-order valence-corrected chi connectivity index (χ4v) is 4.79. The highest BCUT2D eigenvalue weighted by molar-refractivity contribution is 5.85. The summed E-state index contributed by atoms with van der Waals surface area (Å²) >= 11 is 0. The summed E-state index contributed by atoms with van der Waals surface area (Å²) in [6.07, 6.45) is 2.47. The number of aliphatic carboxylic acids is 1. The topological polar surface area (TPSA) is 105 Å². The molecule has 0 unspecified atom stereocenters. The van der Waals surface area contributed by atoms with Gasteiger partial charge in [0.2, 0.25) is 5.91 Å². The minimum Gasteiger partial charge on any atom is -0.480 e. The first-order valence-corrected chi connectivity index (χ1v) is 11.1. The quantitative estimate of drug-likeness (QED) is 0.641. The molecule has 3 N–H and O–H groups in total. The Labute approximate surface area is 187 Å². The lowest BCUT2D eigenvalue weighted by Gasteiger charge is -2.31. The maximum Gasteiger partial charge on any atom is 0.407 e. The molecule has 2 aliphatic rings. The zero-order valence-electron chi connectivity index (χ0n) is 18.0. The Morgan fingerprint density at radius 3 is 2.22 bits per heavy atom. The fourth-order valence-electron chi connectivity index (χ4n) is 4.79. The summed E-state index contributed by atoms with van der Waals surface area (Å²) in [6.45, 7) is 1.64. The van der Waals surface area contributed by atoms with E-state index in [4.69, 9.17) is 9.84 Å². The van der Waals surface area contributed by atoms with Crippen molar-refractivity contribution in [2.45, 2.75) is 50.6 Å². The molecule has 2 amide bonds. The van der Waals surface area contributed by atoms with Gasteiger partial charge in [0.15, 0.2) is 0 Å². The molecule has 0 aliphatic heterocycles. The van der Waals surface area contributed by atoms with Crippen molar-refractivity contribution in [2.75, 3.05) is 6.61 Å². The van der Waals surface area contributed by atoms with Crippen LogP contribution < -0.4 is 10.6 Å². The van der Waals surface area contributed by atoms with Gasteiger partial charge in [0.25, 0.3) is 0 Å². The lowest BCUT2D eigenvalue weighted by Crippen LogP contribution is -2.51. The minimum absolute atomic E-state index is 0.0324. The lowest BCUT2D eigenvalue weighted by atomic mass is 9.83. The number of nitrogens with one attached hydrogen (secondary N) is 2. The number of carboxylic acids is 1. The van der Waals surface area contributed by atoms with E-state index < -0.39 is 24.0 Å². The SMILES string of the molecule is C[C@@H](NC(=O)[C@@H]1CCCC[C@@H]1NC(=O)OCC1c2ccccc2-c2ccccc21)C(=O)O. The number of benzene rings is 2. The van der Waals surface area contributed by atoms with Crippen LogP contribution in [0.15, 0.2) is 48.5 Å². The Kier molecular flexibility index (Phi) is 6.44. The second-order valence-electron chi connectivity index (χ2n) is 8.54. The molecule has 0 bridgehead atoms. The second kappa shape index (κ2) is 9.42. The monoisotopic (exact) mass is 436 g/mol. The third-order valence-electron chi connectivity index (χ3n) is 6.48. The van der Waals surface area contributed by atoms with E-state index in [9.17, 15) is 14.4 Å². The molecule has 1 fully saturated rings. The van der Waals surface area contributed by atoms with Gasteiger partial charge in [0.1, 0.15) is 12.6 Å². The van der Waals surface area contributed by atoms with Crippen molar-refractivity contribution in [3.8, 4) is 11.1 Å². The number of ether oxygens (including phenoxy) is 1. The van der Waals surface area contributed by atoms with Gasteiger partial charge < -0.3 is 20.5 Å². The van der Waals surface area contributed by atoms with Gasteiger partial charge in [0, 0.05) is 12.0 Å². The van der Waals surface area contributed by atoms with Gasteiger partial charge in [-0.2, -0.15) is 0 Å². The molecule has 0 radical (unpaired) electrons. The zero-order valence-corrected chi connectivity index (χ0v) is 18.0. The molecule has 0 saturated heterocycles. The Morgan fingerprint density at radius 2 is 1.59 bits per heavy atom. The molecule has 0 spiro atoms. The molecule has 0 heterocycles. The van der Waals surface area contributed by atoms with Crippen LogP contribution in [-0.4, -0.2) is 41.8 Å². The number of hydrogen-bond donors (Lipinski definition) is 3. The van der Waals surface area contributed by atoms with Crippen LogP contribution in [0.3, 0.4) is 0 Å². The summed E-state index contributed by atoms with van der Waals surface area (Å²) in [7, 11) is 0. The third-order valence-corrected chi connectivity index (χ3v) is 6.48. The molecule has 2 aromatic carbocycles. The van der Waals surface area contributed by atoms with Gasteiger partial charge in [-0.15, -0.1) is 0 Å². The predicted octanol–water partition coefficient (Wildman–Crippen LogP) is 3.67. The molecule has 2 aromatic rings. The van der Waals surface area contributed by atoms with Crippen LogP contribution in [0.4, 0.5) is 4.79 Å². The standard InChI is InChI=1S/C25H28N2O5/c1-15(24(29)30)26-23(28)20-12-6-7-13-22(20)27-25(31)32-14-21-18-10-4-2-8-16(18)17-9-3-5-11-19(17)21/h2-5,8-11,15,20-22H,6-7,12-14H2,1H3,(H,26,28)(H,27,31)(H,29,30)/t15-,20-,22+/m1/s1. The number of carboxylic acid groups (broad SMARTS) is 1. The number of fused-ring (bicyclic) bond motifs is 3. The van der Waals surface area contributed by atoms with Crippen LogP contribution in [0.1, 0.15) is 49.7 Å². The summed E-state index contributed by atoms with van der Waals surface area (Å²) in [6, 6.07) is 14.9. The van der Waals surface area contributed by atoms with Crippen molar-refractivity contribution in [3.63, 3.8) is 0 Å². The molecule has 7 nitrogen and oxygen atoms in total. The number of carbonyl (C=O) groups excluding carboxylic acids is 2. The van der Waals surface area contributed by atoms with Crippen LogP contribution >= 0.6 is 0 Å². The van der Waals surface area contributed by atoms with Crippen LogP contribution in [0, 0.1) is 5.92 Å². The fraction of sp³-hybridized carbons (Fsp3) is 0.400. The molecule has 7 heteroatoms. The first-order chi connectivity index (χ1) is 15.5. The van der Waals surface area contributed by atoms with E-state index in [1.807, 2.05) is 24.3 Å². The molecular weight excluding hydrogens is 408 g/mol. The van der Waals surface area contributed by atoms with Gasteiger partial charge in [-0.3, -0.25) is 9.59 Å². The first-order valence-electron chi connectivity index (χ1n) is 11.1. The number of alkyl carbamates (subject to hydrolysis) is 1. The average Bonchev–Trinajstić information content (AvgIpc) is 3.11. The van der Waals surface area contributed by atoms with Crippen LogP contribution in [0.5, 0.6) is 0 Å². The molecular formula is C25H28N2O5. The Hall–Kier alpha value is -3.35. The van der Waals surface area contributed by atoms with Crippen molar-refractivity contribution >= 4 is 18.0 Å². The van der Waals surface area contributed by atoms with Crippen molar-refractivity contribution in [1.29, 1.82) is 0 Å². The highest BCUT2D eigenvalue weighted by Gasteiger charge is 2.34. The molecule has 3 atom stereocenters. The van der Waals surface area contributed by atoms with Crippen molar-refractivity contribution in [3.05, 3.63) is 59.7 Å². The van der Waals surface area contributed by atoms with E-state index in [1.54, 1.807) is 0 Å². The molecule has 32 heavy (non-hydrogen) atoms. The number of amides is 2. The number of hydrogen-bond acceptors (Lipinski definition) is 4. The molecule has 0 aromatic heterocycles. The Balaban J connectivity index is 1.39. The second-order valence-corrected chi connectivity index (χ2v) is 8.54. The highest BCUT2D eigenvalue weighted by atomic mass is 16.5. The van der Waals surface area contributed by atoms with Crippen molar-refractivity contribution in [2.24, 2.45) is 5.92 Å². The van der Waals surface area contributed by atoms with Gasteiger partial charge in [-0.05, 0) is 42.0 Å². The van der Waals surface area contributed by atoms with Crippen molar-refractivity contribution in [1.82, 2.24) is 10.6 Å². The highest BCUT2D eigenvalue weighted by Crippen LogP contribution is 2.44. The largest absolute Gasteiger partial charge is 0.480 e. The van der Waals surface area contributed by atoms with E-state index in [2.05, 4.69) is 34.9 Å². The van der Waals surface area contributed by atoms with Crippen molar-refractivity contribution < 1.29 is 24.2 Å². The third kappa shape index (κ3) is 4.47. The molecule has 4 rings (SSSR count). The summed E-state index contributed by atoms with van der Waals surface area (Å²) in [5.41, 5.74) is 4.60. The smallest absolute Gasteiger partial charge is 0.407 e. The van der Waals surface area contributed by atoms with E-state index in [1.165, 1.54) is 6.92 Å². The zero-order chi connectivity index (χ0) is 22.7. The van der Waals surface area contributed by atoms with E-state index in [-0.39, 0.29) is 24.5 Å². The maximum atomic E-state index is 12.6.